The first-order chi connectivity index (χ1) is 16.6. The van der Waals surface area contributed by atoms with Crippen molar-refractivity contribution in [2.75, 3.05) is 24.3 Å². The van der Waals surface area contributed by atoms with E-state index in [4.69, 9.17) is 15.2 Å². The summed E-state index contributed by atoms with van der Waals surface area (Å²) in [4.78, 5) is 27.5. The van der Waals surface area contributed by atoms with Gasteiger partial charge in [-0.3, -0.25) is 4.79 Å². The molecule has 3 heterocycles. The van der Waals surface area contributed by atoms with Crippen LogP contribution in [0.5, 0.6) is 5.75 Å². The van der Waals surface area contributed by atoms with Crippen molar-refractivity contribution in [3.05, 3.63) is 59.1 Å². The summed E-state index contributed by atoms with van der Waals surface area (Å²) in [5.41, 5.74) is 8.56. The number of fused-ring (bicyclic) bond motifs is 1. The molecule has 0 radical (unpaired) electrons. The second-order valence-corrected chi connectivity index (χ2v) is 9.66. The van der Waals surface area contributed by atoms with Gasteiger partial charge >= 0.3 is 5.97 Å². The van der Waals surface area contributed by atoms with Gasteiger partial charge in [-0.1, -0.05) is 12.1 Å². The molecule has 0 amide bonds. The maximum atomic E-state index is 12.9. The lowest BCUT2D eigenvalue weighted by Crippen LogP contribution is -2.35. The Hall–Kier alpha value is -3.73. The number of anilines is 2. The Balaban J connectivity index is 1.80. The van der Waals surface area contributed by atoms with Crippen molar-refractivity contribution in [1.82, 2.24) is 24.6 Å². The molecule has 35 heavy (non-hydrogen) atoms. The third-order valence-corrected chi connectivity index (χ3v) is 5.53. The number of carbonyl (C=O) groups is 1. The molecule has 0 aliphatic heterocycles. The van der Waals surface area contributed by atoms with Gasteiger partial charge in [0.1, 0.15) is 22.5 Å². The number of nitrogens with two attached hydrogens (primary N) is 1. The molecule has 0 atom stereocenters. The van der Waals surface area contributed by atoms with E-state index in [1.807, 2.05) is 56.0 Å². The monoisotopic (exact) mass is 539 g/mol. The fourth-order valence-corrected chi connectivity index (χ4v) is 3.83. The molecule has 0 saturated carbocycles. The molecule has 10 nitrogen and oxygen atoms in total. The number of imidazole rings is 1. The number of esters is 1. The van der Waals surface area contributed by atoms with E-state index >= 15 is 0 Å². The minimum atomic E-state index is -0.612. The Kier molecular flexibility index (Phi) is 6.88. The SMILES string of the molecule is COc1ccc(CN(CC(=O)OC(C)(C)C)c2cc(-c3cnc(N)nc3)nn3c(Br)cnc23)cc1. The summed E-state index contributed by atoms with van der Waals surface area (Å²) >= 11 is 3.50. The number of nitrogens with zero attached hydrogens (tertiary/aromatic N) is 6. The zero-order valence-electron chi connectivity index (χ0n) is 19.9. The number of halogens is 1. The lowest BCUT2D eigenvalue weighted by atomic mass is 10.1. The van der Waals surface area contributed by atoms with E-state index in [1.165, 1.54) is 0 Å². The average Bonchev–Trinajstić information content (AvgIpc) is 3.18. The largest absolute Gasteiger partial charge is 0.497 e. The number of aromatic nitrogens is 5. The van der Waals surface area contributed by atoms with Crippen LogP contribution in [0.25, 0.3) is 16.9 Å². The standard InChI is InChI=1S/C24H26BrN7O3/c1-24(2,3)35-21(33)14-31(13-15-5-7-17(34-4)8-6-15)19-9-18(16-10-28-23(26)29-11-16)30-32-20(25)12-27-22(19)32/h5-12H,13-14H2,1-4H3,(H2,26,28,29). The summed E-state index contributed by atoms with van der Waals surface area (Å²) < 4.78 is 13.2. The summed E-state index contributed by atoms with van der Waals surface area (Å²) in [6.45, 7) is 5.95. The molecular formula is C24H26BrN7O3. The molecule has 2 N–H and O–H groups in total. The molecule has 1 aromatic carbocycles. The van der Waals surface area contributed by atoms with Gasteiger partial charge in [-0.25, -0.2) is 19.5 Å². The van der Waals surface area contributed by atoms with Crippen LogP contribution in [-0.4, -0.2) is 49.8 Å². The summed E-state index contributed by atoms with van der Waals surface area (Å²) in [6.07, 6.45) is 4.87. The normalized spacial score (nSPS) is 11.5. The van der Waals surface area contributed by atoms with Crippen LogP contribution >= 0.6 is 15.9 Å². The van der Waals surface area contributed by atoms with Gasteiger partial charge in [0.25, 0.3) is 0 Å². The Bertz CT molecular complexity index is 1330. The molecule has 182 valence electrons. The first kappa shape index (κ1) is 24.4. The number of nitrogen functional groups attached to an aromatic ring is 1. The lowest BCUT2D eigenvalue weighted by molar-refractivity contribution is -0.153. The maximum absolute atomic E-state index is 12.9. The predicted molar refractivity (Wildman–Crippen MR) is 136 cm³/mol. The van der Waals surface area contributed by atoms with Crippen LogP contribution in [0.4, 0.5) is 11.6 Å². The molecule has 0 aliphatic rings. The van der Waals surface area contributed by atoms with Crippen molar-refractivity contribution in [1.29, 1.82) is 0 Å². The summed E-state index contributed by atoms with van der Waals surface area (Å²) in [5.74, 6) is 0.565. The summed E-state index contributed by atoms with van der Waals surface area (Å²) in [7, 11) is 1.62. The van der Waals surface area contributed by atoms with Crippen LogP contribution in [-0.2, 0) is 16.1 Å². The zero-order valence-corrected chi connectivity index (χ0v) is 21.5. The summed E-state index contributed by atoms with van der Waals surface area (Å²) in [5, 5.41) is 4.67. The van der Waals surface area contributed by atoms with Crippen molar-refractivity contribution >= 4 is 39.2 Å². The van der Waals surface area contributed by atoms with E-state index < -0.39 is 5.60 Å². The highest BCUT2D eigenvalue weighted by atomic mass is 79.9. The van der Waals surface area contributed by atoms with Gasteiger partial charge in [0.2, 0.25) is 5.95 Å². The van der Waals surface area contributed by atoms with Crippen LogP contribution in [0.2, 0.25) is 0 Å². The van der Waals surface area contributed by atoms with Crippen molar-refractivity contribution in [3.8, 4) is 17.0 Å². The Labute approximate surface area is 211 Å². The summed E-state index contributed by atoms with van der Waals surface area (Å²) in [6, 6.07) is 9.53. The molecule has 4 rings (SSSR count). The van der Waals surface area contributed by atoms with Crippen LogP contribution in [0.15, 0.2) is 53.5 Å². The van der Waals surface area contributed by atoms with E-state index in [-0.39, 0.29) is 18.5 Å². The maximum Gasteiger partial charge on any atom is 0.326 e. The number of hydrogen-bond acceptors (Lipinski definition) is 9. The Morgan fingerprint density at radius 1 is 1.11 bits per heavy atom. The van der Waals surface area contributed by atoms with Crippen LogP contribution in [0, 0.1) is 0 Å². The molecule has 0 fully saturated rings. The minimum absolute atomic E-state index is 0.00509. The van der Waals surface area contributed by atoms with Gasteiger partial charge in [0.15, 0.2) is 5.65 Å². The smallest absolute Gasteiger partial charge is 0.326 e. The van der Waals surface area contributed by atoms with Crippen LogP contribution < -0.4 is 15.4 Å². The Morgan fingerprint density at radius 2 is 1.80 bits per heavy atom. The second kappa shape index (κ2) is 9.87. The fourth-order valence-electron chi connectivity index (χ4n) is 3.48. The van der Waals surface area contributed by atoms with Crippen molar-refractivity contribution in [2.45, 2.75) is 32.9 Å². The molecule has 0 bridgehead atoms. The average molecular weight is 540 g/mol. The van der Waals surface area contributed by atoms with Gasteiger partial charge in [-0.2, -0.15) is 5.10 Å². The van der Waals surface area contributed by atoms with Gasteiger partial charge in [0.05, 0.1) is 24.7 Å². The fraction of sp³-hybridized carbons (Fsp3) is 0.292. The number of benzene rings is 1. The number of hydrogen-bond donors (Lipinski definition) is 1. The number of carbonyl (C=O) groups excluding carboxylic acids is 1. The number of methoxy groups -OCH3 is 1. The number of rotatable bonds is 7. The third kappa shape index (κ3) is 5.86. The van der Waals surface area contributed by atoms with E-state index in [0.717, 1.165) is 11.3 Å². The zero-order chi connectivity index (χ0) is 25.2. The van der Waals surface area contributed by atoms with Gasteiger partial charge in [-0.15, -0.1) is 0 Å². The van der Waals surface area contributed by atoms with Gasteiger partial charge < -0.3 is 20.1 Å². The number of ether oxygens (including phenoxy) is 2. The highest BCUT2D eigenvalue weighted by molar-refractivity contribution is 9.10. The van der Waals surface area contributed by atoms with Crippen LogP contribution in [0.1, 0.15) is 26.3 Å². The predicted octanol–water partition coefficient (Wildman–Crippen LogP) is 3.89. The molecular weight excluding hydrogens is 514 g/mol. The quantitative estimate of drug-likeness (QED) is 0.348. The molecule has 3 aromatic heterocycles. The minimum Gasteiger partial charge on any atom is -0.497 e. The van der Waals surface area contributed by atoms with Gasteiger partial charge in [-0.05, 0) is 60.5 Å². The van der Waals surface area contributed by atoms with E-state index in [1.54, 1.807) is 30.2 Å². The highest BCUT2D eigenvalue weighted by Crippen LogP contribution is 2.30. The first-order valence-corrected chi connectivity index (χ1v) is 11.6. The van der Waals surface area contributed by atoms with E-state index in [0.29, 0.717) is 33.7 Å². The van der Waals surface area contributed by atoms with Crippen molar-refractivity contribution in [2.24, 2.45) is 0 Å². The molecule has 0 unspecified atom stereocenters. The van der Waals surface area contributed by atoms with Crippen molar-refractivity contribution < 1.29 is 14.3 Å². The molecule has 0 aliphatic carbocycles. The van der Waals surface area contributed by atoms with E-state index in [2.05, 4.69) is 36.0 Å². The molecule has 11 heteroatoms. The molecule has 4 aromatic rings. The first-order valence-electron chi connectivity index (χ1n) is 10.8. The highest BCUT2D eigenvalue weighted by Gasteiger charge is 2.23. The second-order valence-electron chi connectivity index (χ2n) is 8.85. The van der Waals surface area contributed by atoms with Gasteiger partial charge in [0, 0.05) is 24.5 Å². The van der Waals surface area contributed by atoms with E-state index in [9.17, 15) is 4.79 Å². The Morgan fingerprint density at radius 3 is 2.43 bits per heavy atom. The molecule has 0 spiro atoms. The third-order valence-electron chi connectivity index (χ3n) is 4.99. The lowest BCUT2D eigenvalue weighted by Gasteiger charge is -2.27. The topological polar surface area (TPSA) is 121 Å². The van der Waals surface area contributed by atoms with Crippen LogP contribution in [0.3, 0.4) is 0 Å². The molecule has 0 saturated heterocycles. The van der Waals surface area contributed by atoms with Crippen molar-refractivity contribution in [3.63, 3.8) is 0 Å².